The molecular weight excluding hydrogens is 881 g/mol. The van der Waals surface area contributed by atoms with Gasteiger partial charge in [-0.25, -0.2) is 9.97 Å². The fraction of sp³-hybridized carbons (Fsp3) is 0.0303. The van der Waals surface area contributed by atoms with Crippen molar-refractivity contribution in [1.82, 2.24) is 19.1 Å². The van der Waals surface area contributed by atoms with Gasteiger partial charge in [0.2, 0.25) is 5.95 Å². The summed E-state index contributed by atoms with van der Waals surface area (Å²) in [7, 11) is 0. The first-order chi connectivity index (χ1) is 35.2. The fourth-order valence-electron chi connectivity index (χ4n) is 11.6. The molecule has 15 rings (SSSR count). The number of nitrogens with zero attached hydrogens (tertiary/aromatic N) is 4. The lowest BCUT2D eigenvalue weighted by molar-refractivity contribution is 0.648. The Kier molecular flexibility index (Phi) is 8.92. The van der Waals surface area contributed by atoms with Crippen LogP contribution in [0.1, 0.15) is 12.5 Å². The molecule has 1 aliphatic rings. The molecule has 0 aliphatic heterocycles. The lowest BCUT2D eigenvalue weighted by Gasteiger charge is -2.20. The van der Waals surface area contributed by atoms with Crippen molar-refractivity contribution in [3.05, 3.63) is 237 Å². The van der Waals surface area contributed by atoms with Crippen molar-refractivity contribution in [2.24, 2.45) is 0 Å². The van der Waals surface area contributed by atoms with Crippen LogP contribution in [-0.4, -0.2) is 19.1 Å². The van der Waals surface area contributed by atoms with E-state index in [1.165, 1.54) is 96.9 Å². The van der Waals surface area contributed by atoms with Gasteiger partial charge in [-0.1, -0.05) is 200 Å². The Morgan fingerprint density at radius 1 is 0.437 bits per heavy atom. The van der Waals surface area contributed by atoms with Crippen LogP contribution in [0.4, 0.5) is 0 Å². The van der Waals surface area contributed by atoms with Crippen LogP contribution in [0.25, 0.3) is 136 Å². The van der Waals surface area contributed by atoms with E-state index in [1.54, 1.807) is 0 Å². The molecule has 10 aromatic carbocycles. The van der Waals surface area contributed by atoms with Crippen molar-refractivity contribution >= 4 is 97.5 Å². The van der Waals surface area contributed by atoms with E-state index in [2.05, 4.69) is 246 Å². The molecule has 0 amide bonds. The number of thiophene rings is 1. The van der Waals surface area contributed by atoms with Gasteiger partial charge in [-0.2, -0.15) is 0 Å². The van der Waals surface area contributed by atoms with E-state index in [1.807, 2.05) is 11.3 Å². The molecule has 1 aliphatic carbocycles. The van der Waals surface area contributed by atoms with Gasteiger partial charge in [0.05, 0.1) is 33.8 Å². The summed E-state index contributed by atoms with van der Waals surface area (Å²) in [4.78, 5) is 12.5. The van der Waals surface area contributed by atoms with Crippen LogP contribution in [0, 0.1) is 0 Å². The first-order valence-corrected chi connectivity index (χ1v) is 25.2. The monoisotopic (exact) mass is 922 g/mol. The Balaban J connectivity index is 0.981. The SMILES string of the molecule is C1=CCC(n2c3ccccc3c3cccc(-c4ccc5c(c4)c4c6ccccc6ccc4n5-c4nc(-c5ccc(-c6cccc7ccccc67)cc5)c5c(ccc6cc(-c7ccccc7)sc65)n4)c32)C=C1. The minimum Gasteiger partial charge on any atom is -0.333 e. The molecule has 4 heterocycles. The van der Waals surface area contributed by atoms with Gasteiger partial charge in [-0.15, -0.1) is 11.3 Å². The molecule has 332 valence electrons. The number of hydrogen-bond donors (Lipinski definition) is 0. The van der Waals surface area contributed by atoms with Gasteiger partial charge in [0.1, 0.15) is 0 Å². The maximum absolute atomic E-state index is 5.73. The molecule has 0 bridgehead atoms. The molecule has 4 nitrogen and oxygen atoms in total. The van der Waals surface area contributed by atoms with Crippen molar-refractivity contribution in [1.29, 1.82) is 0 Å². The predicted octanol–water partition coefficient (Wildman–Crippen LogP) is 18.1. The van der Waals surface area contributed by atoms with Crippen LogP contribution in [0.15, 0.2) is 237 Å². The highest BCUT2D eigenvalue weighted by Gasteiger charge is 2.24. The van der Waals surface area contributed by atoms with E-state index in [9.17, 15) is 0 Å². The summed E-state index contributed by atoms with van der Waals surface area (Å²) in [5.41, 5.74) is 13.5. The van der Waals surface area contributed by atoms with E-state index >= 15 is 0 Å². The lowest BCUT2D eigenvalue weighted by atomic mass is 9.96. The number of fused-ring (bicyclic) bond motifs is 12. The van der Waals surface area contributed by atoms with E-state index in [4.69, 9.17) is 9.97 Å². The van der Waals surface area contributed by atoms with Crippen LogP contribution in [0.5, 0.6) is 0 Å². The Bertz CT molecular complexity index is 4540. The van der Waals surface area contributed by atoms with Crippen LogP contribution in [0.3, 0.4) is 0 Å². The van der Waals surface area contributed by atoms with Crippen molar-refractivity contribution in [2.45, 2.75) is 12.5 Å². The number of allylic oxidation sites excluding steroid dienone is 4. The Morgan fingerprint density at radius 3 is 1.99 bits per heavy atom. The summed E-state index contributed by atoms with van der Waals surface area (Å²) in [6.45, 7) is 0. The third kappa shape index (κ3) is 6.23. The van der Waals surface area contributed by atoms with Gasteiger partial charge in [-0.3, -0.25) is 4.57 Å². The summed E-state index contributed by atoms with van der Waals surface area (Å²) < 4.78 is 6.05. The second-order valence-corrected chi connectivity index (χ2v) is 19.8. The topological polar surface area (TPSA) is 35.6 Å². The van der Waals surface area contributed by atoms with E-state index < -0.39 is 0 Å². The average Bonchev–Trinajstić information content (AvgIpc) is 4.14. The van der Waals surface area contributed by atoms with Crippen molar-refractivity contribution < 1.29 is 0 Å². The molecule has 0 radical (unpaired) electrons. The molecule has 0 fully saturated rings. The fourth-order valence-corrected chi connectivity index (χ4v) is 12.8. The number of benzene rings is 10. The minimum absolute atomic E-state index is 0.215. The highest BCUT2D eigenvalue weighted by molar-refractivity contribution is 7.23. The predicted molar refractivity (Wildman–Crippen MR) is 301 cm³/mol. The molecule has 71 heavy (non-hydrogen) atoms. The number of rotatable bonds is 6. The first-order valence-electron chi connectivity index (χ1n) is 24.4. The molecule has 0 saturated carbocycles. The average molecular weight is 923 g/mol. The maximum atomic E-state index is 5.73. The molecule has 0 saturated heterocycles. The molecule has 1 atom stereocenters. The molecule has 0 spiro atoms. The highest BCUT2D eigenvalue weighted by atomic mass is 32.1. The normalized spacial score (nSPS) is 13.9. The van der Waals surface area contributed by atoms with Crippen molar-refractivity contribution in [3.63, 3.8) is 0 Å². The summed E-state index contributed by atoms with van der Waals surface area (Å²) in [5, 5.41) is 12.0. The Labute approximate surface area is 413 Å². The number of hydrogen-bond acceptors (Lipinski definition) is 3. The van der Waals surface area contributed by atoms with Gasteiger partial charge < -0.3 is 4.57 Å². The van der Waals surface area contributed by atoms with Crippen molar-refractivity contribution in [3.8, 4) is 49.9 Å². The largest absolute Gasteiger partial charge is 0.333 e. The molecule has 14 aromatic rings. The quantitative estimate of drug-likeness (QED) is 0.167. The second-order valence-electron chi connectivity index (χ2n) is 18.8. The van der Waals surface area contributed by atoms with E-state index in [0.717, 1.165) is 39.6 Å². The van der Waals surface area contributed by atoms with Crippen LogP contribution in [-0.2, 0) is 0 Å². The zero-order valence-electron chi connectivity index (χ0n) is 38.5. The first kappa shape index (κ1) is 40.0. The summed E-state index contributed by atoms with van der Waals surface area (Å²) in [6.07, 6.45) is 9.93. The highest BCUT2D eigenvalue weighted by Crippen LogP contribution is 2.45. The smallest absolute Gasteiger partial charge is 0.235 e. The molecular formula is C66H42N4S. The minimum atomic E-state index is 0.215. The van der Waals surface area contributed by atoms with Crippen LogP contribution >= 0.6 is 11.3 Å². The molecule has 1 unspecified atom stereocenters. The van der Waals surface area contributed by atoms with E-state index in [-0.39, 0.29) is 6.04 Å². The van der Waals surface area contributed by atoms with Crippen LogP contribution < -0.4 is 0 Å². The third-order valence-electron chi connectivity index (χ3n) is 14.8. The van der Waals surface area contributed by atoms with Gasteiger partial charge in [0.25, 0.3) is 0 Å². The number of aromatic nitrogens is 4. The summed E-state index contributed by atoms with van der Waals surface area (Å²) in [6, 6.07) is 77.8. The maximum Gasteiger partial charge on any atom is 0.235 e. The Hall–Kier alpha value is -8.90. The summed E-state index contributed by atoms with van der Waals surface area (Å²) in [5.74, 6) is 0.646. The van der Waals surface area contributed by atoms with Gasteiger partial charge in [-0.05, 0) is 92.0 Å². The zero-order valence-corrected chi connectivity index (χ0v) is 39.3. The van der Waals surface area contributed by atoms with Gasteiger partial charge in [0.15, 0.2) is 0 Å². The second kappa shape index (κ2) is 15.8. The molecule has 5 heteroatoms. The van der Waals surface area contributed by atoms with E-state index in [0.29, 0.717) is 5.95 Å². The van der Waals surface area contributed by atoms with Crippen molar-refractivity contribution in [2.75, 3.05) is 0 Å². The third-order valence-corrected chi connectivity index (χ3v) is 16.1. The lowest BCUT2D eigenvalue weighted by Crippen LogP contribution is -2.07. The zero-order chi connectivity index (χ0) is 46.6. The standard InChI is InChI=1S/C66H42N4S/c1-3-17-44(18-4-1)60-40-47-33-36-56-62(65(47)71-60)63(45-31-29-43(30-32-45)50-25-13-19-41-15-7-9-22-49(41)50)68-66(67-56)70-58-37-35-46(39-55(58)61-51-23-10-8-16-42(51)34-38-59(61)70)52-26-14-27-54-53-24-11-12-28-57(53)69(64(52)54)48-20-5-2-6-21-48/h1-20,22-40,48H,21H2. The summed E-state index contributed by atoms with van der Waals surface area (Å²) >= 11 is 1.82. The molecule has 4 aromatic heterocycles. The van der Waals surface area contributed by atoms with Gasteiger partial charge in [0, 0.05) is 53.2 Å². The molecule has 0 N–H and O–H groups in total. The number of para-hydroxylation sites is 2. The Morgan fingerprint density at radius 2 is 1.13 bits per heavy atom. The van der Waals surface area contributed by atoms with Gasteiger partial charge >= 0.3 is 0 Å². The van der Waals surface area contributed by atoms with Crippen LogP contribution in [0.2, 0.25) is 0 Å².